The summed E-state index contributed by atoms with van der Waals surface area (Å²) in [7, 11) is -1.74. The van der Waals surface area contributed by atoms with Crippen molar-refractivity contribution in [3.8, 4) is 0 Å². The number of rotatable bonds is 4. The molecule has 6 heteroatoms. The molecule has 0 radical (unpaired) electrons. The van der Waals surface area contributed by atoms with Crippen LogP contribution in [0, 0.1) is 6.92 Å². The van der Waals surface area contributed by atoms with Crippen molar-refractivity contribution in [2.75, 3.05) is 13.3 Å². The number of nitrogens with zero attached hydrogens (tertiary/aromatic N) is 1. The van der Waals surface area contributed by atoms with Gasteiger partial charge in [0.15, 0.2) is 9.84 Å². The van der Waals surface area contributed by atoms with Gasteiger partial charge in [-0.1, -0.05) is 41.4 Å². The Bertz CT molecular complexity index is 829. The number of benzene rings is 2. The minimum Gasteiger partial charge on any atom is -0.337 e. The number of hydrogen-bond donors (Lipinski definition) is 0. The molecule has 0 atom stereocenters. The van der Waals surface area contributed by atoms with E-state index in [9.17, 15) is 13.2 Å². The smallest absolute Gasteiger partial charge is 0.255 e. The molecule has 0 heterocycles. The highest BCUT2D eigenvalue weighted by atomic mass is 35.5. The van der Waals surface area contributed by atoms with Crippen molar-refractivity contribution in [3.63, 3.8) is 0 Å². The first-order valence-electron chi connectivity index (χ1n) is 6.99. The third kappa shape index (κ3) is 4.33. The van der Waals surface area contributed by atoms with Crippen molar-refractivity contribution in [3.05, 3.63) is 64.2 Å². The summed E-state index contributed by atoms with van der Waals surface area (Å²) in [5, 5.41) is 0.234. The average molecular weight is 352 g/mol. The van der Waals surface area contributed by atoms with E-state index in [1.807, 2.05) is 31.2 Å². The summed E-state index contributed by atoms with van der Waals surface area (Å²) in [6.45, 7) is 2.41. The maximum Gasteiger partial charge on any atom is 0.255 e. The molecule has 2 aromatic rings. The minimum atomic E-state index is -3.39. The Balaban J connectivity index is 2.27. The van der Waals surface area contributed by atoms with Gasteiger partial charge in [-0.25, -0.2) is 8.42 Å². The van der Waals surface area contributed by atoms with Crippen LogP contribution in [0.4, 0.5) is 0 Å². The van der Waals surface area contributed by atoms with E-state index < -0.39 is 9.84 Å². The van der Waals surface area contributed by atoms with E-state index in [-0.39, 0.29) is 21.4 Å². The zero-order valence-electron chi connectivity index (χ0n) is 13.2. The number of carbonyl (C=O) groups excluding carboxylic acids is 1. The van der Waals surface area contributed by atoms with Gasteiger partial charge in [-0.05, 0) is 30.7 Å². The molecule has 4 nitrogen and oxygen atoms in total. The summed E-state index contributed by atoms with van der Waals surface area (Å²) >= 11 is 6.07. The van der Waals surface area contributed by atoms with Gasteiger partial charge in [0, 0.05) is 19.8 Å². The summed E-state index contributed by atoms with van der Waals surface area (Å²) in [5.74, 6) is -0.318. The molecule has 0 saturated heterocycles. The number of carbonyl (C=O) groups is 1. The van der Waals surface area contributed by atoms with Crippen LogP contribution in [0.5, 0.6) is 0 Å². The Hall–Kier alpha value is -1.85. The molecule has 0 aliphatic carbocycles. The molecule has 0 aliphatic rings. The molecule has 122 valence electrons. The highest BCUT2D eigenvalue weighted by Gasteiger charge is 2.18. The van der Waals surface area contributed by atoms with Gasteiger partial charge in [0.25, 0.3) is 5.91 Å². The molecule has 2 rings (SSSR count). The van der Waals surface area contributed by atoms with Crippen LogP contribution < -0.4 is 0 Å². The molecule has 0 N–H and O–H groups in total. The largest absolute Gasteiger partial charge is 0.337 e. The third-order valence-corrected chi connectivity index (χ3v) is 4.92. The van der Waals surface area contributed by atoms with Gasteiger partial charge in [-0.15, -0.1) is 0 Å². The molecule has 0 aromatic heterocycles. The van der Waals surface area contributed by atoms with Crippen molar-refractivity contribution in [1.29, 1.82) is 0 Å². The normalized spacial score (nSPS) is 11.3. The van der Waals surface area contributed by atoms with E-state index in [0.29, 0.717) is 6.54 Å². The number of hydrogen-bond acceptors (Lipinski definition) is 3. The van der Waals surface area contributed by atoms with Crippen LogP contribution in [0.3, 0.4) is 0 Å². The molecule has 0 spiro atoms. The summed E-state index contributed by atoms with van der Waals surface area (Å²) < 4.78 is 23.3. The number of aryl methyl sites for hydroxylation is 1. The number of amides is 1. The third-order valence-electron chi connectivity index (χ3n) is 3.48. The average Bonchev–Trinajstić information content (AvgIpc) is 2.48. The predicted molar refractivity (Wildman–Crippen MR) is 91.5 cm³/mol. The van der Waals surface area contributed by atoms with Gasteiger partial charge >= 0.3 is 0 Å². The van der Waals surface area contributed by atoms with Crippen molar-refractivity contribution >= 4 is 27.3 Å². The fraction of sp³-hybridized carbons (Fsp3) is 0.235. The van der Waals surface area contributed by atoms with Gasteiger partial charge in [-0.2, -0.15) is 0 Å². The highest BCUT2D eigenvalue weighted by molar-refractivity contribution is 7.90. The molecule has 0 fully saturated rings. The van der Waals surface area contributed by atoms with Gasteiger partial charge in [-0.3, -0.25) is 4.79 Å². The molecule has 2 aromatic carbocycles. The topological polar surface area (TPSA) is 54.5 Å². The van der Waals surface area contributed by atoms with Crippen molar-refractivity contribution in [2.24, 2.45) is 0 Å². The quantitative estimate of drug-likeness (QED) is 0.849. The molecule has 0 bridgehead atoms. The van der Waals surface area contributed by atoms with E-state index in [0.717, 1.165) is 17.4 Å². The fourth-order valence-electron chi connectivity index (χ4n) is 2.14. The number of halogens is 1. The predicted octanol–water partition coefficient (Wildman–Crippen LogP) is 3.32. The standard InChI is InChI=1S/C17H18ClNO3S/c1-12-4-6-13(7-5-12)11-19(2)17(20)15-10-14(23(3,21)22)8-9-16(15)18/h4-10H,11H2,1-3H3. The van der Waals surface area contributed by atoms with Crippen LogP contribution in [0.2, 0.25) is 5.02 Å². The maximum atomic E-state index is 12.6. The second-order valence-electron chi connectivity index (χ2n) is 5.56. The monoisotopic (exact) mass is 351 g/mol. The molecule has 1 amide bonds. The highest BCUT2D eigenvalue weighted by Crippen LogP contribution is 2.22. The van der Waals surface area contributed by atoms with Crippen LogP contribution in [0.1, 0.15) is 21.5 Å². The van der Waals surface area contributed by atoms with Crippen LogP contribution in [-0.2, 0) is 16.4 Å². The lowest BCUT2D eigenvalue weighted by atomic mass is 10.1. The van der Waals surface area contributed by atoms with Gasteiger partial charge in [0.1, 0.15) is 0 Å². The molecule has 23 heavy (non-hydrogen) atoms. The Morgan fingerprint density at radius 3 is 2.30 bits per heavy atom. The second-order valence-corrected chi connectivity index (χ2v) is 7.98. The fourth-order valence-corrected chi connectivity index (χ4v) is 2.99. The van der Waals surface area contributed by atoms with E-state index in [4.69, 9.17) is 11.6 Å². The Morgan fingerprint density at radius 1 is 1.13 bits per heavy atom. The Labute approximate surface area is 141 Å². The Morgan fingerprint density at radius 2 is 1.74 bits per heavy atom. The lowest BCUT2D eigenvalue weighted by Gasteiger charge is -2.18. The SMILES string of the molecule is Cc1ccc(CN(C)C(=O)c2cc(S(C)(=O)=O)ccc2Cl)cc1. The van der Waals surface area contributed by atoms with Crippen molar-refractivity contribution < 1.29 is 13.2 Å². The second kappa shape index (κ2) is 6.72. The Kier molecular flexibility index (Phi) is 5.12. The van der Waals surface area contributed by atoms with E-state index in [2.05, 4.69) is 0 Å². The molecular weight excluding hydrogens is 334 g/mol. The summed E-state index contributed by atoms with van der Waals surface area (Å²) in [6.07, 6.45) is 1.10. The van der Waals surface area contributed by atoms with Crippen LogP contribution >= 0.6 is 11.6 Å². The molecule has 0 saturated carbocycles. The molecular formula is C17H18ClNO3S. The molecule has 0 unspecified atom stereocenters. The first-order chi connectivity index (χ1) is 10.7. The zero-order valence-corrected chi connectivity index (χ0v) is 14.8. The zero-order chi connectivity index (χ0) is 17.2. The lowest BCUT2D eigenvalue weighted by molar-refractivity contribution is 0.0785. The van der Waals surface area contributed by atoms with Gasteiger partial charge in [0.2, 0.25) is 0 Å². The first kappa shape index (κ1) is 17.5. The van der Waals surface area contributed by atoms with Crippen LogP contribution in [0.15, 0.2) is 47.4 Å². The van der Waals surface area contributed by atoms with Crippen molar-refractivity contribution in [2.45, 2.75) is 18.4 Å². The lowest BCUT2D eigenvalue weighted by Crippen LogP contribution is -2.26. The van der Waals surface area contributed by atoms with Crippen LogP contribution in [-0.4, -0.2) is 32.5 Å². The summed E-state index contributed by atoms with van der Waals surface area (Å²) in [6, 6.07) is 12.0. The van der Waals surface area contributed by atoms with Gasteiger partial charge in [0.05, 0.1) is 15.5 Å². The van der Waals surface area contributed by atoms with E-state index in [1.165, 1.54) is 23.1 Å². The van der Waals surface area contributed by atoms with Crippen molar-refractivity contribution in [1.82, 2.24) is 4.90 Å². The minimum absolute atomic E-state index is 0.0778. The summed E-state index contributed by atoms with van der Waals surface area (Å²) in [4.78, 5) is 14.2. The maximum absolute atomic E-state index is 12.6. The van der Waals surface area contributed by atoms with Crippen LogP contribution in [0.25, 0.3) is 0 Å². The van der Waals surface area contributed by atoms with E-state index in [1.54, 1.807) is 7.05 Å². The summed E-state index contributed by atoms with van der Waals surface area (Å²) in [5.41, 5.74) is 2.32. The van der Waals surface area contributed by atoms with E-state index >= 15 is 0 Å². The first-order valence-corrected chi connectivity index (χ1v) is 9.26. The number of sulfone groups is 1. The molecule has 0 aliphatic heterocycles. The van der Waals surface area contributed by atoms with Gasteiger partial charge < -0.3 is 4.90 Å².